The fourth-order valence-electron chi connectivity index (χ4n) is 2.63. The molecule has 0 aliphatic carbocycles. The zero-order chi connectivity index (χ0) is 13.0. The molecule has 1 N–H and O–H groups in total. The van der Waals surface area contributed by atoms with E-state index in [1.54, 1.807) is 7.11 Å². The molecular weight excluding hydrogens is 226 g/mol. The van der Waals surface area contributed by atoms with Crippen molar-refractivity contribution in [2.45, 2.75) is 38.0 Å². The minimum Gasteiger partial charge on any atom is -0.379 e. The monoisotopic (exact) mass is 249 g/mol. The highest BCUT2D eigenvalue weighted by Gasteiger charge is 2.38. The van der Waals surface area contributed by atoms with Gasteiger partial charge in [-0.1, -0.05) is 30.3 Å². The molecule has 2 rings (SSSR count). The average Bonchev–Trinajstić information content (AvgIpc) is 2.40. The summed E-state index contributed by atoms with van der Waals surface area (Å²) in [6.45, 7) is 5.89. The van der Waals surface area contributed by atoms with Gasteiger partial charge in [-0.3, -0.25) is 0 Å². The smallest absolute Gasteiger partial charge is 0.0983 e. The van der Waals surface area contributed by atoms with Gasteiger partial charge in [-0.05, 0) is 25.8 Å². The molecule has 0 amide bonds. The summed E-state index contributed by atoms with van der Waals surface area (Å²) in [5.41, 5.74) is 1.28. The van der Waals surface area contributed by atoms with E-state index in [0.717, 1.165) is 13.0 Å². The Labute approximate surface area is 109 Å². The van der Waals surface area contributed by atoms with Crippen molar-refractivity contribution in [1.29, 1.82) is 0 Å². The molecule has 3 nitrogen and oxygen atoms in total. The van der Waals surface area contributed by atoms with Gasteiger partial charge in [0.2, 0.25) is 0 Å². The first-order valence-electron chi connectivity index (χ1n) is 6.59. The third kappa shape index (κ3) is 2.91. The van der Waals surface area contributed by atoms with Gasteiger partial charge < -0.3 is 14.8 Å². The van der Waals surface area contributed by atoms with Crippen LogP contribution in [0.3, 0.4) is 0 Å². The molecule has 1 aliphatic heterocycles. The third-order valence-electron chi connectivity index (χ3n) is 3.88. The maximum atomic E-state index is 5.56. The molecule has 1 aliphatic rings. The van der Waals surface area contributed by atoms with Gasteiger partial charge in [0.1, 0.15) is 0 Å². The molecule has 3 heteroatoms. The number of hydrogen-bond acceptors (Lipinski definition) is 3. The number of benzene rings is 1. The van der Waals surface area contributed by atoms with E-state index in [1.165, 1.54) is 5.56 Å². The molecule has 1 fully saturated rings. The lowest BCUT2D eigenvalue weighted by Gasteiger charge is -2.43. The summed E-state index contributed by atoms with van der Waals surface area (Å²) in [5.74, 6) is 0. The summed E-state index contributed by atoms with van der Waals surface area (Å²) in [4.78, 5) is 0. The number of rotatable bonds is 4. The summed E-state index contributed by atoms with van der Waals surface area (Å²) in [5, 5.41) is 3.71. The van der Waals surface area contributed by atoms with Crippen LogP contribution < -0.4 is 5.32 Å². The highest BCUT2D eigenvalue weighted by molar-refractivity contribution is 5.19. The molecule has 1 aromatic carbocycles. The van der Waals surface area contributed by atoms with E-state index in [0.29, 0.717) is 12.6 Å². The standard InChI is InChI=1S/C15H23NO2/c1-12(13-7-5-4-6-8-13)16-15(2)9-10-18-11-14(15)17-3/h4-8,12,14,16H,9-11H2,1-3H3. The van der Waals surface area contributed by atoms with Crippen molar-refractivity contribution in [3.8, 4) is 0 Å². The number of ether oxygens (including phenoxy) is 2. The van der Waals surface area contributed by atoms with Crippen molar-refractivity contribution < 1.29 is 9.47 Å². The van der Waals surface area contributed by atoms with Crippen LogP contribution in [0.5, 0.6) is 0 Å². The van der Waals surface area contributed by atoms with Crippen LogP contribution in [0, 0.1) is 0 Å². The highest BCUT2D eigenvalue weighted by Crippen LogP contribution is 2.26. The van der Waals surface area contributed by atoms with Crippen LogP contribution in [0.4, 0.5) is 0 Å². The van der Waals surface area contributed by atoms with Crippen molar-refractivity contribution in [1.82, 2.24) is 5.32 Å². The second-order valence-corrected chi connectivity index (χ2v) is 5.24. The molecule has 0 bridgehead atoms. The van der Waals surface area contributed by atoms with E-state index >= 15 is 0 Å². The Bertz CT molecular complexity index is 368. The molecule has 18 heavy (non-hydrogen) atoms. The molecule has 0 radical (unpaired) electrons. The van der Waals surface area contributed by atoms with Crippen LogP contribution in [0.1, 0.15) is 31.9 Å². The van der Waals surface area contributed by atoms with Gasteiger partial charge in [0.05, 0.1) is 12.7 Å². The predicted octanol–water partition coefficient (Wildman–Crippen LogP) is 2.53. The largest absolute Gasteiger partial charge is 0.379 e. The number of hydrogen-bond donors (Lipinski definition) is 1. The predicted molar refractivity (Wildman–Crippen MR) is 72.6 cm³/mol. The lowest BCUT2D eigenvalue weighted by Crippen LogP contribution is -2.58. The molecule has 3 atom stereocenters. The van der Waals surface area contributed by atoms with Gasteiger partial charge in [-0.2, -0.15) is 0 Å². The molecule has 1 saturated heterocycles. The minimum absolute atomic E-state index is 0.0255. The Morgan fingerprint density at radius 3 is 2.78 bits per heavy atom. The van der Waals surface area contributed by atoms with Crippen LogP contribution >= 0.6 is 0 Å². The Kier molecular flexibility index (Phi) is 4.38. The first-order chi connectivity index (χ1) is 8.65. The van der Waals surface area contributed by atoms with Gasteiger partial charge in [-0.15, -0.1) is 0 Å². The van der Waals surface area contributed by atoms with Crippen molar-refractivity contribution in [3.63, 3.8) is 0 Å². The van der Waals surface area contributed by atoms with E-state index in [2.05, 4.69) is 43.4 Å². The van der Waals surface area contributed by atoms with Crippen molar-refractivity contribution in [2.24, 2.45) is 0 Å². The summed E-state index contributed by atoms with van der Waals surface area (Å²) >= 11 is 0. The second kappa shape index (κ2) is 5.83. The lowest BCUT2D eigenvalue weighted by molar-refractivity contribution is -0.0866. The summed E-state index contributed by atoms with van der Waals surface area (Å²) in [6, 6.07) is 10.8. The maximum absolute atomic E-state index is 5.56. The van der Waals surface area contributed by atoms with E-state index < -0.39 is 0 Å². The Balaban J connectivity index is 2.07. The Hall–Kier alpha value is -0.900. The summed E-state index contributed by atoms with van der Waals surface area (Å²) in [7, 11) is 1.76. The lowest BCUT2D eigenvalue weighted by atomic mass is 9.88. The van der Waals surface area contributed by atoms with E-state index in [-0.39, 0.29) is 11.6 Å². The molecular formula is C15H23NO2. The van der Waals surface area contributed by atoms with E-state index in [1.807, 2.05) is 6.07 Å². The molecule has 1 aromatic rings. The van der Waals surface area contributed by atoms with Gasteiger partial charge >= 0.3 is 0 Å². The van der Waals surface area contributed by atoms with Gasteiger partial charge in [0, 0.05) is 25.3 Å². The molecule has 0 aromatic heterocycles. The van der Waals surface area contributed by atoms with E-state index in [9.17, 15) is 0 Å². The first kappa shape index (κ1) is 13.5. The molecule has 1 heterocycles. The average molecular weight is 249 g/mol. The molecule has 0 saturated carbocycles. The summed E-state index contributed by atoms with van der Waals surface area (Å²) < 4.78 is 11.0. The molecule has 0 spiro atoms. The fourth-order valence-corrected chi connectivity index (χ4v) is 2.63. The third-order valence-corrected chi connectivity index (χ3v) is 3.88. The van der Waals surface area contributed by atoms with Crippen LogP contribution in [0.15, 0.2) is 30.3 Å². The van der Waals surface area contributed by atoms with Crippen molar-refractivity contribution >= 4 is 0 Å². The quantitative estimate of drug-likeness (QED) is 0.889. The van der Waals surface area contributed by atoms with Gasteiger partial charge in [0.15, 0.2) is 0 Å². The van der Waals surface area contributed by atoms with Crippen molar-refractivity contribution in [2.75, 3.05) is 20.3 Å². The zero-order valence-corrected chi connectivity index (χ0v) is 11.5. The number of methoxy groups -OCH3 is 1. The molecule has 3 unspecified atom stereocenters. The molecule has 100 valence electrons. The normalized spacial score (nSPS) is 30.1. The van der Waals surface area contributed by atoms with Crippen molar-refractivity contribution in [3.05, 3.63) is 35.9 Å². The van der Waals surface area contributed by atoms with E-state index in [4.69, 9.17) is 9.47 Å². The van der Waals surface area contributed by atoms with Gasteiger partial charge in [-0.25, -0.2) is 0 Å². The van der Waals surface area contributed by atoms with Crippen LogP contribution in [-0.4, -0.2) is 32.0 Å². The van der Waals surface area contributed by atoms with Crippen LogP contribution in [-0.2, 0) is 9.47 Å². The minimum atomic E-state index is -0.0255. The first-order valence-corrected chi connectivity index (χ1v) is 6.59. The Morgan fingerprint density at radius 2 is 2.11 bits per heavy atom. The van der Waals surface area contributed by atoms with Crippen LogP contribution in [0.25, 0.3) is 0 Å². The van der Waals surface area contributed by atoms with Crippen LogP contribution in [0.2, 0.25) is 0 Å². The summed E-state index contributed by atoms with van der Waals surface area (Å²) in [6.07, 6.45) is 1.08. The fraction of sp³-hybridized carbons (Fsp3) is 0.600. The highest BCUT2D eigenvalue weighted by atomic mass is 16.5. The maximum Gasteiger partial charge on any atom is 0.0983 e. The Morgan fingerprint density at radius 1 is 1.39 bits per heavy atom. The SMILES string of the molecule is COC1COCCC1(C)NC(C)c1ccccc1. The second-order valence-electron chi connectivity index (χ2n) is 5.24. The zero-order valence-electron chi connectivity index (χ0n) is 11.5. The van der Waals surface area contributed by atoms with Gasteiger partial charge in [0.25, 0.3) is 0 Å². The number of nitrogens with one attached hydrogen (secondary N) is 1. The topological polar surface area (TPSA) is 30.5 Å².